The second kappa shape index (κ2) is 7.12. The number of carbonyl (C=O) groups excluding carboxylic acids is 1. The lowest BCUT2D eigenvalue weighted by molar-refractivity contribution is -0.134. The molecule has 0 bridgehead atoms. The molecular weight excluding hydrogens is 308 g/mol. The molecule has 0 radical (unpaired) electrons. The second-order valence-corrected chi connectivity index (χ2v) is 4.96. The monoisotopic (exact) mass is 322 g/mol. The van der Waals surface area contributed by atoms with Gasteiger partial charge in [0.2, 0.25) is 0 Å². The average molecular weight is 322 g/mol. The van der Waals surface area contributed by atoms with Crippen LogP contribution in [-0.4, -0.2) is 11.0 Å². The van der Waals surface area contributed by atoms with E-state index in [0.717, 1.165) is 0 Å². The number of rotatable bonds is 4. The van der Waals surface area contributed by atoms with Gasteiger partial charge in [0.15, 0.2) is 0 Å². The Morgan fingerprint density at radius 2 is 1.83 bits per heavy atom. The number of nitrogens with zero attached hydrogens (tertiary/aromatic N) is 2. The molecule has 0 aliphatic rings. The van der Waals surface area contributed by atoms with Crippen LogP contribution in [0.15, 0.2) is 29.1 Å². The molecule has 120 valence electrons. The fourth-order valence-electron chi connectivity index (χ4n) is 2.21. The molecule has 24 heavy (non-hydrogen) atoms. The summed E-state index contributed by atoms with van der Waals surface area (Å²) in [5.41, 5.74) is 5.43. The van der Waals surface area contributed by atoms with Crippen LogP contribution in [0.3, 0.4) is 0 Å². The Kier molecular flexibility index (Phi) is 4.98. The Labute approximate surface area is 137 Å². The Morgan fingerprint density at radius 1 is 1.21 bits per heavy atom. The molecule has 0 amide bonds. The molecule has 2 aromatic rings. The third-order valence-electron chi connectivity index (χ3n) is 3.30. The van der Waals surface area contributed by atoms with Gasteiger partial charge in [0, 0.05) is 12.0 Å². The van der Waals surface area contributed by atoms with Crippen LogP contribution < -0.4 is 16.0 Å². The summed E-state index contributed by atoms with van der Waals surface area (Å²) in [4.78, 5) is 25.6. The zero-order valence-electron chi connectivity index (χ0n) is 12.9. The van der Waals surface area contributed by atoms with E-state index in [-0.39, 0.29) is 28.5 Å². The van der Waals surface area contributed by atoms with Gasteiger partial charge in [0.25, 0.3) is 5.56 Å². The third kappa shape index (κ3) is 3.26. The van der Waals surface area contributed by atoms with Crippen LogP contribution in [-0.2, 0) is 4.79 Å². The minimum Gasteiger partial charge on any atom is -0.427 e. The van der Waals surface area contributed by atoms with Crippen molar-refractivity contribution in [3.8, 4) is 29.0 Å². The lowest BCUT2D eigenvalue weighted by atomic mass is 9.96. The molecule has 7 nitrogen and oxygen atoms in total. The molecule has 0 spiro atoms. The van der Waals surface area contributed by atoms with Gasteiger partial charge in [-0.05, 0) is 24.1 Å². The average Bonchev–Trinajstić information content (AvgIpc) is 2.55. The van der Waals surface area contributed by atoms with Gasteiger partial charge in [-0.15, -0.1) is 0 Å². The van der Waals surface area contributed by atoms with E-state index in [2.05, 4.69) is 4.98 Å². The van der Waals surface area contributed by atoms with Crippen molar-refractivity contribution in [3.63, 3.8) is 0 Å². The van der Waals surface area contributed by atoms with Gasteiger partial charge in [-0.1, -0.05) is 19.1 Å². The quantitative estimate of drug-likeness (QED) is 0.654. The van der Waals surface area contributed by atoms with E-state index >= 15 is 0 Å². The van der Waals surface area contributed by atoms with Crippen molar-refractivity contribution < 1.29 is 9.53 Å². The zero-order valence-corrected chi connectivity index (χ0v) is 12.9. The molecule has 0 aliphatic heterocycles. The van der Waals surface area contributed by atoms with Gasteiger partial charge >= 0.3 is 5.97 Å². The smallest absolute Gasteiger partial charge is 0.311 e. The number of H-pyrrole nitrogens is 1. The number of aromatic nitrogens is 1. The molecule has 1 heterocycles. The van der Waals surface area contributed by atoms with Crippen LogP contribution in [0.1, 0.15) is 30.9 Å². The summed E-state index contributed by atoms with van der Waals surface area (Å²) in [7, 11) is 0. The predicted octanol–water partition coefficient (Wildman–Crippen LogP) is 2.07. The van der Waals surface area contributed by atoms with E-state index in [4.69, 9.17) is 10.5 Å². The lowest BCUT2D eigenvalue weighted by Gasteiger charge is -2.09. The number of hydrogen-bond acceptors (Lipinski definition) is 6. The summed E-state index contributed by atoms with van der Waals surface area (Å²) in [6.45, 7) is 1.87. The first-order valence-electron chi connectivity index (χ1n) is 7.18. The number of nitriles is 2. The standard InChI is InChI=1S/C17H14N4O3/c1-2-3-14(22)24-11-6-4-10(5-7-11)15-12(8-18)16(20)21-17(23)13(15)9-19/h4-7H,2-3H2,1H3,(H3,20,21,23). The Bertz CT molecular complexity index is 915. The summed E-state index contributed by atoms with van der Waals surface area (Å²) in [5, 5.41) is 18.5. The SMILES string of the molecule is CCCC(=O)Oc1ccc(-c2c(C#N)c(N)[nH]c(=O)c2C#N)cc1. The molecule has 0 unspecified atom stereocenters. The highest BCUT2D eigenvalue weighted by molar-refractivity contribution is 5.80. The largest absolute Gasteiger partial charge is 0.427 e. The van der Waals surface area contributed by atoms with E-state index in [1.807, 2.05) is 13.0 Å². The molecule has 0 saturated carbocycles. The van der Waals surface area contributed by atoms with Crippen molar-refractivity contribution in [1.82, 2.24) is 4.98 Å². The number of anilines is 1. The Hall–Kier alpha value is -3.58. The summed E-state index contributed by atoms with van der Waals surface area (Å²) >= 11 is 0. The number of aromatic amines is 1. The number of nitrogens with one attached hydrogen (secondary N) is 1. The third-order valence-corrected chi connectivity index (χ3v) is 3.30. The van der Waals surface area contributed by atoms with Gasteiger partial charge in [0.1, 0.15) is 34.8 Å². The molecule has 1 aromatic carbocycles. The van der Waals surface area contributed by atoms with Crippen molar-refractivity contribution in [3.05, 3.63) is 45.7 Å². The minimum atomic E-state index is -0.664. The van der Waals surface area contributed by atoms with E-state index in [1.165, 1.54) is 12.1 Å². The van der Waals surface area contributed by atoms with Gasteiger partial charge in [-0.3, -0.25) is 9.59 Å². The lowest BCUT2D eigenvalue weighted by Crippen LogP contribution is -2.16. The van der Waals surface area contributed by atoms with Gasteiger partial charge in [-0.2, -0.15) is 10.5 Å². The van der Waals surface area contributed by atoms with Crippen LogP contribution >= 0.6 is 0 Å². The second-order valence-electron chi connectivity index (χ2n) is 4.96. The van der Waals surface area contributed by atoms with Gasteiger partial charge in [0.05, 0.1) is 0 Å². The molecule has 0 fully saturated rings. The molecule has 3 N–H and O–H groups in total. The Morgan fingerprint density at radius 3 is 2.38 bits per heavy atom. The highest BCUT2D eigenvalue weighted by atomic mass is 16.5. The first-order chi connectivity index (χ1) is 11.5. The van der Waals surface area contributed by atoms with Crippen LogP contribution in [0, 0.1) is 22.7 Å². The molecule has 0 aliphatic carbocycles. The minimum absolute atomic E-state index is 0.0156. The summed E-state index contributed by atoms with van der Waals surface area (Å²) in [5.74, 6) is -0.108. The zero-order chi connectivity index (χ0) is 17.7. The first-order valence-corrected chi connectivity index (χ1v) is 7.18. The first kappa shape index (κ1) is 16.8. The number of nitrogen functional groups attached to an aromatic ring is 1. The highest BCUT2D eigenvalue weighted by Crippen LogP contribution is 2.29. The summed E-state index contributed by atoms with van der Waals surface area (Å²) in [6, 6.07) is 9.87. The molecule has 2 rings (SSSR count). The fourth-order valence-corrected chi connectivity index (χ4v) is 2.21. The number of pyridine rings is 1. The number of hydrogen-bond donors (Lipinski definition) is 2. The van der Waals surface area contributed by atoms with Crippen molar-refractivity contribution in [2.24, 2.45) is 0 Å². The van der Waals surface area contributed by atoms with Crippen LogP contribution in [0.25, 0.3) is 11.1 Å². The number of benzene rings is 1. The number of carbonyl (C=O) groups is 1. The Balaban J connectivity index is 2.50. The molecule has 7 heteroatoms. The van der Waals surface area contributed by atoms with Gasteiger partial charge in [-0.25, -0.2) is 0 Å². The molecular formula is C17H14N4O3. The van der Waals surface area contributed by atoms with Crippen molar-refractivity contribution in [2.75, 3.05) is 5.73 Å². The maximum absolute atomic E-state index is 11.9. The van der Waals surface area contributed by atoms with E-state index in [1.54, 1.807) is 18.2 Å². The maximum Gasteiger partial charge on any atom is 0.311 e. The van der Waals surface area contributed by atoms with Crippen molar-refractivity contribution in [1.29, 1.82) is 10.5 Å². The van der Waals surface area contributed by atoms with E-state index in [0.29, 0.717) is 24.2 Å². The van der Waals surface area contributed by atoms with E-state index in [9.17, 15) is 20.1 Å². The molecule has 0 atom stereocenters. The van der Waals surface area contributed by atoms with Crippen molar-refractivity contribution in [2.45, 2.75) is 19.8 Å². The number of esters is 1. The molecule has 1 aromatic heterocycles. The van der Waals surface area contributed by atoms with Crippen LogP contribution in [0.2, 0.25) is 0 Å². The summed E-state index contributed by atoms with van der Waals surface area (Å²) < 4.78 is 5.14. The van der Waals surface area contributed by atoms with Gasteiger partial charge < -0.3 is 15.5 Å². The summed E-state index contributed by atoms with van der Waals surface area (Å²) in [6.07, 6.45) is 0.990. The number of ether oxygens (including phenoxy) is 1. The number of nitrogens with two attached hydrogens (primary N) is 1. The van der Waals surface area contributed by atoms with Crippen LogP contribution in [0.5, 0.6) is 5.75 Å². The van der Waals surface area contributed by atoms with E-state index < -0.39 is 5.56 Å². The van der Waals surface area contributed by atoms with Crippen LogP contribution in [0.4, 0.5) is 5.82 Å². The fraction of sp³-hybridized carbons (Fsp3) is 0.176. The predicted molar refractivity (Wildman–Crippen MR) is 86.9 cm³/mol. The van der Waals surface area contributed by atoms with Crippen molar-refractivity contribution >= 4 is 11.8 Å². The maximum atomic E-state index is 11.9. The topological polar surface area (TPSA) is 133 Å². The molecule has 0 saturated heterocycles. The normalized spacial score (nSPS) is 9.79. The highest BCUT2D eigenvalue weighted by Gasteiger charge is 2.18.